The lowest BCUT2D eigenvalue weighted by molar-refractivity contribution is -0.144. The third-order valence-corrected chi connectivity index (χ3v) is 2.69. The summed E-state index contributed by atoms with van der Waals surface area (Å²) in [6.07, 6.45) is 1.74. The van der Waals surface area contributed by atoms with E-state index in [1.807, 2.05) is 43.4 Å². The highest BCUT2D eigenvalue weighted by Crippen LogP contribution is 2.19. The molecule has 0 saturated carbocycles. The zero-order chi connectivity index (χ0) is 13.7. The van der Waals surface area contributed by atoms with Gasteiger partial charge in [0, 0.05) is 7.05 Å². The molecule has 0 fully saturated rings. The number of hydrogen-bond donors (Lipinski definition) is 0. The van der Waals surface area contributed by atoms with Gasteiger partial charge in [-0.25, -0.2) is 0 Å². The second kappa shape index (κ2) is 6.00. The minimum absolute atomic E-state index is 0.188. The van der Waals surface area contributed by atoms with Crippen molar-refractivity contribution < 1.29 is 9.53 Å². The van der Waals surface area contributed by atoms with Crippen molar-refractivity contribution in [3.8, 4) is 11.3 Å². The summed E-state index contributed by atoms with van der Waals surface area (Å²) >= 11 is 0. The van der Waals surface area contributed by atoms with Gasteiger partial charge in [-0.1, -0.05) is 36.4 Å². The minimum atomic E-state index is -0.290. The summed E-state index contributed by atoms with van der Waals surface area (Å²) in [6, 6.07) is 11.9. The third kappa shape index (κ3) is 3.31. The molecule has 0 saturated heterocycles. The standard InChI is InChI=1S/C15H16N2O2/c1-3-7-15(18)19-11-13-10-14(17(2)16-13)12-8-5-4-6-9-12/h3-6,8-10H,1,7,11H2,2H3. The van der Waals surface area contributed by atoms with Gasteiger partial charge in [-0.3, -0.25) is 9.48 Å². The molecule has 0 N–H and O–H groups in total. The van der Waals surface area contributed by atoms with Crippen molar-refractivity contribution in [3.63, 3.8) is 0 Å². The van der Waals surface area contributed by atoms with Crippen LogP contribution in [0.15, 0.2) is 49.1 Å². The van der Waals surface area contributed by atoms with E-state index in [1.165, 1.54) is 6.08 Å². The summed E-state index contributed by atoms with van der Waals surface area (Å²) < 4.78 is 6.87. The summed E-state index contributed by atoms with van der Waals surface area (Å²) in [5.41, 5.74) is 2.82. The van der Waals surface area contributed by atoms with Crippen LogP contribution < -0.4 is 0 Å². The first-order chi connectivity index (χ1) is 9.20. The number of hydrogen-bond acceptors (Lipinski definition) is 3. The molecule has 0 aliphatic carbocycles. The maximum atomic E-state index is 11.3. The molecule has 98 valence electrons. The predicted octanol–water partition coefficient (Wildman–Crippen LogP) is 2.71. The smallest absolute Gasteiger partial charge is 0.310 e. The molecule has 19 heavy (non-hydrogen) atoms. The van der Waals surface area contributed by atoms with Gasteiger partial charge >= 0.3 is 5.97 Å². The maximum Gasteiger partial charge on any atom is 0.310 e. The molecule has 1 aromatic carbocycles. The van der Waals surface area contributed by atoms with Gasteiger partial charge in [-0.05, 0) is 11.6 Å². The molecule has 1 heterocycles. The zero-order valence-corrected chi connectivity index (χ0v) is 10.9. The lowest BCUT2D eigenvalue weighted by Crippen LogP contribution is -2.03. The molecule has 0 aliphatic heterocycles. The van der Waals surface area contributed by atoms with Gasteiger partial charge in [0.1, 0.15) is 12.3 Å². The first kappa shape index (κ1) is 13.1. The Morgan fingerprint density at radius 2 is 2.16 bits per heavy atom. The van der Waals surface area contributed by atoms with Gasteiger partial charge in [-0.15, -0.1) is 6.58 Å². The van der Waals surface area contributed by atoms with E-state index in [0.29, 0.717) is 0 Å². The Morgan fingerprint density at radius 3 is 2.84 bits per heavy atom. The van der Waals surface area contributed by atoms with Crippen LogP contribution in [0.4, 0.5) is 0 Å². The molecule has 2 rings (SSSR count). The van der Waals surface area contributed by atoms with E-state index >= 15 is 0 Å². The number of carbonyl (C=O) groups is 1. The summed E-state index contributed by atoms with van der Waals surface area (Å²) in [7, 11) is 1.87. The fourth-order valence-corrected chi connectivity index (χ4v) is 1.81. The highest BCUT2D eigenvalue weighted by atomic mass is 16.5. The number of benzene rings is 1. The second-order valence-corrected chi connectivity index (χ2v) is 4.16. The van der Waals surface area contributed by atoms with E-state index in [2.05, 4.69) is 11.7 Å². The third-order valence-electron chi connectivity index (χ3n) is 2.69. The highest BCUT2D eigenvalue weighted by Gasteiger charge is 2.08. The minimum Gasteiger partial charge on any atom is -0.459 e. The topological polar surface area (TPSA) is 44.1 Å². The van der Waals surface area contributed by atoms with Gasteiger partial charge in [0.2, 0.25) is 0 Å². The van der Waals surface area contributed by atoms with E-state index in [4.69, 9.17) is 4.74 Å². The molecule has 0 atom stereocenters. The number of carbonyl (C=O) groups excluding carboxylic acids is 1. The fourth-order valence-electron chi connectivity index (χ4n) is 1.81. The number of aryl methyl sites for hydroxylation is 1. The van der Waals surface area contributed by atoms with Crippen LogP contribution in [0.1, 0.15) is 12.1 Å². The van der Waals surface area contributed by atoms with Crippen LogP contribution in [0.2, 0.25) is 0 Å². The van der Waals surface area contributed by atoms with E-state index in [1.54, 1.807) is 4.68 Å². The average Bonchev–Trinajstić information content (AvgIpc) is 2.79. The van der Waals surface area contributed by atoms with Crippen LogP contribution >= 0.6 is 0 Å². The van der Waals surface area contributed by atoms with E-state index in [-0.39, 0.29) is 19.0 Å². The van der Waals surface area contributed by atoms with Crippen LogP contribution in [0.5, 0.6) is 0 Å². The average molecular weight is 256 g/mol. The SMILES string of the molecule is C=CCC(=O)OCc1cc(-c2ccccc2)n(C)n1. The Bertz CT molecular complexity index is 573. The van der Waals surface area contributed by atoms with Crippen molar-refractivity contribution in [2.75, 3.05) is 0 Å². The van der Waals surface area contributed by atoms with Gasteiger partial charge in [-0.2, -0.15) is 5.10 Å². The second-order valence-electron chi connectivity index (χ2n) is 4.16. The molecular weight excluding hydrogens is 240 g/mol. The first-order valence-corrected chi connectivity index (χ1v) is 6.05. The fraction of sp³-hybridized carbons (Fsp3) is 0.200. The van der Waals surface area contributed by atoms with Crippen molar-refractivity contribution in [1.82, 2.24) is 9.78 Å². The molecule has 4 nitrogen and oxygen atoms in total. The summed E-state index contributed by atoms with van der Waals surface area (Å²) in [4.78, 5) is 11.3. The summed E-state index contributed by atoms with van der Waals surface area (Å²) in [6.45, 7) is 3.68. The number of aromatic nitrogens is 2. The monoisotopic (exact) mass is 256 g/mol. The van der Waals surface area contributed by atoms with Crippen molar-refractivity contribution in [2.24, 2.45) is 7.05 Å². The summed E-state index contributed by atoms with van der Waals surface area (Å²) in [5, 5.41) is 4.33. The van der Waals surface area contributed by atoms with Crippen LogP contribution in [0.25, 0.3) is 11.3 Å². The molecule has 0 amide bonds. The lowest BCUT2D eigenvalue weighted by atomic mass is 10.1. The van der Waals surface area contributed by atoms with Crippen molar-refractivity contribution in [2.45, 2.75) is 13.0 Å². The Kier molecular flexibility index (Phi) is 4.13. The Balaban J connectivity index is 2.09. The number of nitrogens with zero attached hydrogens (tertiary/aromatic N) is 2. The number of rotatable bonds is 5. The van der Waals surface area contributed by atoms with Crippen LogP contribution in [0.3, 0.4) is 0 Å². The number of ether oxygens (including phenoxy) is 1. The molecule has 4 heteroatoms. The predicted molar refractivity (Wildman–Crippen MR) is 73.3 cm³/mol. The van der Waals surface area contributed by atoms with E-state index in [9.17, 15) is 4.79 Å². The normalized spacial score (nSPS) is 10.2. The van der Waals surface area contributed by atoms with Gasteiger partial charge in [0.15, 0.2) is 0 Å². The van der Waals surface area contributed by atoms with Crippen LogP contribution in [-0.4, -0.2) is 15.7 Å². The van der Waals surface area contributed by atoms with Crippen molar-refractivity contribution in [1.29, 1.82) is 0 Å². The maximum absolute atomic E-state index is 11.3. The van der Waals surface area contributed by atoms with E-state index in [0.717, 1.165) is 17.0 Å². The summed E-state index contributed by atoms with van der Waals surface area (Å²) in [5.74, 6) is -0.290. The Hall–Kier alpha value is -2.36. The van der Waals surface area contributed by atoms with Crippen LogP contribution in [-0.2, 0) is 23.2 Å². The van der Waals surface area contributed by atoms with Gasteiger partial charge < -0.3 is 4.74 Å². The molecule has 0 unspecified atom stereocenters. The van der Waals surface area contributed by atoms with Crippen molar-refractivity contribution >= 4 is 5.97 Å². The van der Waals surface area contributed by atoms with E-state index < -0.39 is 0 Å². The Morgan fingerprint density at radius 1 is 1.42 bits per heavy atom. The van der Waals surface area contributed by atoms with Gasteiger partial charge in [0.05, 0.1) is 12.1 Å². The molecule has 0 spiro atoms. The molecule has 2 aromatic rings. The quantitative estimate of drug-likeness (QED) is 0.610. The van der Waals surface area contributed by atoms with Gasteiger partial charge in [0.25, 0.3) is 0 Å². The largest absolute Gasteiger partial charge is 0.459 e. The number of esters is 1. The molecule has 0 radical (unpaired) electrons. The molecular formula is C15H16N2O2. The zero-order valence-electron chi connectivity index (χ0n) is 10.9. The first-order valence-electron chi connectivity index (χ1n) is 6.05. The molecule has 0 bridgehead atoms. The van der Waals surface area contributed by atoms with Crippen molar-refractivity contribution in [3.05, 3.63) is 54.7 Å². The highest BCUT2D eigenvalue weighted by molar-refractivity contribution is 5.71. The molecule has 0 aliphatic rings. The molecule has 1 aromatic heterocycles. The lowest BCUT2D eigenvalue weighted by Gasteiger charge is -1.99. The Labute approximate surface area is 112 Å². The van der Waals surface area contributed by atoms with Crippen LogP contribution in [0, 0.1) is 0 Å².